The van der Waals surface area contributed by atoms with Crippen LogP contribution in [0.5, 0.6) is 0 Å². The van der Waals surface area contributed by atoms with E-state index in [0.717, 1.165) is 16.3 Å². The second kappa shape index (κ2) is 17.8. The number of ketones is 1. The summed E-state index contributed by atoms with van der Waals surface area (Å²) in [4.78, 5) is 76.9. The molecule has 3 atom stereocenters. The van der Waals surface area contributed by atoms with Crippen LogP contribution in [0.1, 0.15) is 54.9 Å². The molecule has 0 fully saturated rings. The van der Waals surface area contributed by atoms with Crippen LogP contribution in [0, 0.1) is 0 Å². The summed E-state index contributed by atoms with van der Waals surface area (Å²) in [5.74, 6) is 1.83. The number of hydrogen-bond donors (Lipinski definition) is 8. The zero-order valence-electron chi connectivity index (χ0n) is 25.8. The first kappa shape index (κ1) is 35.9. The first-order chi connectivity index (χ1) is 22.5. The van der Waals surface area contributed by atoms with Crippen LogP contribution in [0.3, 0.4) is 0 Å². The Morgan fingerprint density at radius 1 is 0.809 bits per heavy atom. The van der Waals surface area contributed by atoms with Gasteiger partial charge in [0.05, 0.1) is 5.56 Å². The van der Waals surface area contributed by atoms with Gasteiger partial charge in [0.15, 0.2) is 0 Å². The number of nitrogen functional groups attached to an aromatic ring is 1. The van der Waals surface area contributed by atoms with E-state index in [9.17, 15) is 39.0 Å². The van der Waals surface area contributed by atoms with Crippen LogP contribution in [-0.2, 0) is 25.6 Å². The molecule has 0 aliphatic heterocycles. The minimum absolute atomic E-state index is 0.00170. The van der Waals surface area contributed by atoms with Gasteiger partial charge in [-0.1, -0.05) is 42.5 Å². The fourth-order valence-corrected chi connectivity index (χ4v) is 4.69. The Morgan fingerprint density at radius 2 is 1.49 bits per heavy atom. The van der Waals surface area contributed by atoms with Crippen molar-refractivity contribution in [2.75, 3.05) is 12.0 Å². The number of nitrogens with zero attached hydrogens (tertiary/aromatic N) is 1. The van der Waals surface area contributed by atoms with Gasteiger partial charge in [0, 0.05) is 25.6 Å². The lowest BCUT2D eigenvalue weighted by Gasteiger charge is -2.20. The van der Waals surface area contributed by atoms with Gasteiger partial charge in [0.1, 0.15) is 29.7 Å². The van der Waals surface area contributed by atoms with Crippen LogP contribution >= 0.6 is 0 Å². The lowest BCUT2D eigenvalue weighted by Crippen LogP contribution is -2.51. The SMILES string of the molecule is CC(=O)CCC(NC(=O)NC(CCCCNC(=O)C(Cc1ccc2ccccc2c1)NC(=O)c1ccc(NN)nc1)C(=O)O)C(=O)O. The predicted molar refractivity (Wildman–Crippen MR) is 172 cm³/mol. The molecule has 0 bridgehead atoms. The maximum atomic E-state index is 13.3. The first-order valence-corrected chi connectivity index (χ1v) is 15.0. The molecule has 1 aromatic heterocycles. The number of hydrazine groups is 1. The fraction of sp³-hybridized carbons (Fsp3) is 0.344. The number of nitrogens with one attached hydrogen (secondary N) is 5. The molecule has 2 aromatic carbocycles. The average molecular weight is 650 g/mol. The Bertz CT molecular complexity index is 1580. The van der Waals surface area contributed by atoms with Gasteiger partial charge in [-0.15, -0.1) is 0 Å². The molecule has 9 N–H and O–H groups in total. The number of amides is 4. The number of benzene rings is 2. The number of unbranched alkanes of at least 4 members (excludes halogenated alkanes) is 1. The number of hydrogen-bond acceptors (Lipinski definition) is 9. The highest BCUT2D eigenvalue weighted by Gasteiger charge is 2.25. The largest absolute Gasteiger partial charge is 0.480 e. The molecule has 0 saturated heterocycles. The maximum absolute atomic E-state index is 13.3. The van der Waals surface area contributed by atoms with Crippen LogP contribution in [0.25, 0.3) is 10.8 Å². The van der Waals surface area contributed by atoms with Crippen LogP contribution in [0.15, 0.2) is 60.8 Å². The van der Waals surface area contributed by atoms with Crippen molar-refractivity contribution >= 4 is 52.2 Å². The molecule has 0 radical (unpaired) electrons. The Balaban J connectivity index is 1.57. The van der Waals surface area contributed by atoms with Crippen molar-refractivity contribution < 1.29 is 39.0 Å². The molecule has 0 saturated carbocycles. The number of anilines is 1. The molecule has 3 unspecified atom stereocenters. The van der Waals surface area contributed by atoms with Crippen LogP contribution in [0.4, 0.5) is 10.6 Å². The Kier molecular flexibility index (Phi) is 13.6. The molecular formula is C32H39N7O8. The number of rotatable bonds is 18. The fourth-order valence-electron chi connectivity index (χ4n) is 4.69. The third kappa shape index (κ3) is 11.7. The summed E-state index contributed by atoms with van der Waals surface area (Å²) in [5.41, 5.74) is 3.43. The van der Waals surface area contributed by atoms with Crippen LogP contribution in [0.2, 0.25) is 0 Å². The third-order valence-electron chi connectivity index (χ3n) is 7.26. The lowest BCUT2D eigenvalue weighted by molar-refractivity contribution is -0.139. The molecule has 47 heavy (non-hydrogen) atoms. The van der Waals surface area contributed by atoms with Gasteiger partial charge in [-0.25, -0.2) is 25.2 Å². The van der Waals surface area contributed by atoms with E-state index < -0.39 is 47.9 Å². The monoisotopic (exact) mass is 649 g/mol. The molecule has 0 spiro atoms. The van der Waals surface area contributed by atoms with Gasteiger partial charge in [0.25, 0.3) is 5.91 Å². The number of carbonyl (C=O) groups is 6. The first-order valence-electron chi connectivity index (χ1n) is 15.0. The van der Waals surface area contributed by atoms with E-state index in [0.29, 0.717) is 18.7 Å². The maximum Gasteiger partial charge on any atom is 0.326 e. The number of carboxylic acid groups (broad SMARTS) is 2. The highest BCUT2D eigenvalue weighted by molar-refractivity contribution is 5.97. The molecule has 3 aromatic rings. The van der Waals surface area contributed by atoms with Gasteiger partial charge < -0.3 is 41.7 Å². The topological polar surface area (TPSA) is 242 Å². The van der Waals surface area contributed by atoms with Crippen molar-refractivity contribution in [1.29, 1.82) is 0 Å². The van der Waals surface area contributed by atoms with Crippen molar-refractivity contribution in [2.24, 2.45) is 5.84 Å². The summed E-state index contributed by atoms with van der Waals surface area (Å²) in [7, 11) is 0. The molecule has 15 heteroatoms. The number of fused-ring (bicyclic) bond motifs is 1. The third-order valence-corrected chi connectivity index (χ3v) is 7.26. The van der Waals surface area contributed by atoms with Crippen LogP contribution in [-0.4, -0.2) is 75.4 Å². The van der Waals surface area contributed by atoms with Crippen LogP contribution < -0.4 is 32.5 Å². The number of nitrogens with two attached hydrogens (primary N) is 1. The minimum atomic E-state index is -1.36. The standard InChI is InChI=1S/C32H39N7O8/c1-19(40)9-13-25(31(45)46)38-32(47)37-24(30(43)44)8-4-5-15-34-29(42)26(36-28(41)23-12-14-27(39-33)35-18-23)17-20-10-11-21-6-2-3-7-22(21)16-20/h2-3,6-7,10-12,14,16,18,24-26H,4-5,8-9,13,15,17,33H2,1H3,(H,34,42)(H,35,39)(H,36,41)(H,43,44)(H,45,46)(H2,37,38,47). The summed E-state index contributed by atoms with van der Waals surface area (Å²) >= 11 is 0. The zero-order valence-corrected chi connectivity index (χ0v) is 25.8. The number of aliphatic carboxylic acids is 2. The van der Waals surface area contributed by atoms with Crippen molar-refractivity contribution in [3.05, 3.63) is 71.9 Å². The van der Waals surface area contributed by atoms with Gasteiger partial charge in [0.2, 0.25) is 5.91 Å². The van der Waals surface area contributed by atoms with Crippen molar-refractivity contribution in [2.45, 2.75) is 63.6 Å². The highest BCUT2D eigenvalue weighted by atomic mass is 16.4. The van der Waals surface area contributed by atoms with Gasteiger partial charge in [-0.2, -0.15) is 0 Å². The van der Waals surface area contributed by atoms with E-state index >= 15 is 0 Å². The molecule has 250 valence electrons. The summed E-state index contributed by atoms with van der Waals surface area (Å²) in [6.45, 7) is 1.45. The number of Topliss-reactive ketones (excluding diaryl/α,β-unsaturated/α-hetero) is 1. The van der Waals surface area contributed by atoms with Crippen molar-refractivity contribution in [3.63, 3.8) is 0 Å². The van der Waals surface area contributed by atoms with Gasteiger partial charge >= 0.3 is 18.0 Å². The Morgan fingerprint density at radius 3 is 2.11 bits per heavy atom. The quantitative estimate of drug-likeness (QED) is 0.0560. The Hall–Kier alpha value is -5.57. The zero-order chi connectivity index (χ0) is 34.3. The molecule has 3 rings (SSSR count). The normalized spacial score (nSPS) is 12.6. The highest BCUT2D eigenvalue weighted by Crippen LogP contribution is 2.17. The van der Waals surface area contributed by atoms with E-state index in [2.05, 4.69) is 31.7 Å². The van der Waals surface area contributed by atoms with E-state index in [-0.39, 0.29) is 43.6 Å². The Labute approximate surface area is 270 Å². The molecule has 4 amide bonds. The lowest BCUT2D eigenvalue weighted by atomic mass is 10.0. The smallest absolute Gasteiger partial charge is 0.326 e. The average Bonchev–Trinajstić information content (AvgIpc) is 3.05. The molecular weight excluding hydrogens is 610 g/mol. The number of aromatic nitrogens is 1. The van der Waals surface area contributed by atoms with E-state index in [1.54, 1.807) is 0 Å². The summed E-state index contributed by atoms with van der Waals surface area (Å²) < 4.78 is 0. The van der Waals surface area contributed by atoms with E-state index in [4.69, 9.17) is 5.84 Å². The van der Waals surface area contributed by atoms with Gasteiger partial charge in [-0.3, -0.25) is 9.59 Å². The molecule has 0 aliphatic carbocycles. The van der Waals surface area contributed by atoms with E-state index in [1.165, 1.54) is 25.3 Å². The number of urea groups is 1. The summed E-state index contributed by atoms with van der Waals surface area (Å²) in [6, 6.07) is 12.0. The molecule has 1 heterocycles. The predicted octanol–water partition coefficient (Wildman–Crippen LogP) is 1.72. The molecule has 0 aliphatic rings. The number of pyridine rings is 1. The van der Waals surface area contributed by atoms with Crippen molar-refractivity contribution in [1.82, 2.24) is 26.3 Å². The summed E-state index contributed by atoms with van der Waals surface area (Å²) in [5, 5.41) is 30.8. The second-order valence-corrected chi connectivity index (χ2v) is 10.9. The molecule has 15 nitrogen and oxygen atoms in total. The van der Waals surface area contributed by atoms with Gasteiger partial charge in [-0.05, 0) is 61.1 Å². The number of carbonyl (C=O) groups excluding carboxylic acids is 4. The van der Waals surface area contributed by atoms with Crippen molar-refractivity contribution in [3.8, 4) is 0 Å². The number of carboxylic acids is 2. The van der Waals surface area contributed by atoms with E-state index in [1.807, 2.05) is 42.5 Å². The minimum Gasteiger partial charge on any atom is -0.480 e. The summed E-state index contributed by atoms with van der Waals surface area (Å²) in [6.07, 6.45) is 1.98. The second-order valence-electron chi connectivity index (χ2n) is 10.9.